The van der Waals surface area contributed by atoms with E-state index in [1.54, 1.807) is 5.56 Å². The maximum Gasteiger partial charge on any atom is 0.0236 e. The van der Waals surface area contributed by atoms with Crippen molar-refractivity contribution in [1.29, 1.82) is 0 Å². The molecule has 2 rings (SSSR count). The van der Waals surface area contributed by atoms with Crippen molar-refractivity contribution >= 4 is 0 Å². The van der Waals surface area contributed by atoms with Gasteiger partial charge in [0.1, 0.15) is 0 Å². The van der Waals surface area contributed by atoms with E-state index in [0.717, 1.165) is 6.54 Å². The largest absolute Gasteiger partial charge is 0.299 e. The minimum Gasteiger partial charge on any atom is -0.299 e. The Bertz CT molecular complexity index is 293. The molecule has 1 aromatic carbocycles. The Hall–Kier alpha value is -0.820. The van der Waals surface area contributed by atoms with E-state index >= 15 is 0 Å². The van der Waals surface area contributed by atoms with E-state index in [2.05, 4.69) is 43.0 Å². The normalized spacial score (nSPS) is 22.8. The van der Waals surface area contributed by atoms with E-state index in [0.29, 0.717) is 5.92 Å². The molecule has 0 aromatic heterocycles. The van der Waals surface area contributed by atoms with Crippen molar-refractivity contribution < 1.29 is 0 Å². The van der Waals surface area contributed by atoms with Crippen LogP contribution in [0.4, 0.5) is 0 Å². The lowest BCUT2D eigenvalue weighted by Gasteiger charge is -2.32. The molecular formula is C12H17N. The topological polar surface area (TPSA) is 3.24 Å². The van der Waals surface area contributed by atoms with Gasteiger partial charge in [-0.3, -0.25) is 4.90 Å². The first-order valence-corrected chi connectivity index (χ1v) is 5.11. The van der Waals surface area contributed by atoms with Crippen LogP contribution in [0.1, 0.15) is 30.9 Å². The first kappa shape index (κ1) is 8.76. The fraction of sp³-hybridized carbons (Fsp3) is 0.500. The number of hydrogen-bond donors (Lipinski definition) is 0. The van der Waals surface area contributed by atoms with Crippen molar-refractivity contribution in [3.05, 3.63) is 35.4 Å². The standard InChI is InChI=1S/C12H17N/c1-3-13-8-10(2)12-7-5-4-6-11(12)9-13/h4-7,10H,3,8-9H2,1-2H3. The summed E-state index contributed by atoms with van der Waals surface area (Å²) in [5.74, 6) is 0.699. The maximum absolute atomic E-state index is 2.51. The van der Waals surface area contributed by atoms with Crippen LogP contribution in [0.2, 0.25) is 0 Å². The molecule has 0 saturated heterocycles. The highest BCUT2D eigenvalue weighted by Gasteiger charge is 2.19. The van der Waals surface area contributed by atoms with Gasteiger partial charge in [-0.1, -0.05) is 38.1 Å². The predicted molar refractivity (Wildman–Crippen MR) is 55.8 cm³/mol. The summed E-state index contributed by atoms with van der Waals surface area (Å²) >= 11 is 0. The zero-order valence-electron chi connectivity index (χ0n) is 8.46. The van der Waals surface area contributed by atoms with E-state index in [1.807, 2.05) is 0 Å². The van der Waals surface area contributed by atoms with Gasteiger partial charge >= 0.3 is 0 Å². The van der Waals surface area contributed by atoms with Gasteiger partial charge in [0.05, 0.1) is 0 Å². The Morgan fingerprint density at radius 2 is 2.15 bits per heavy atom. The summed E-state index contributed by atoms with van der Waals surface area (Å²) in [7, 11) is 0. The molecule has 1 atom stereocenters. The third-order valence-corrected chi connectivity index (χ3v) is 2.96. The Labute approximate surface area is 80.4 Å². The fourth-order valence-electron chi connectivity index (χ4n) is 2.19. The summed E-state index contributed by atoms with van der Waals surface area (Å²) in [5, 5.41) is 0. The molecule has 0 N–H and O–H groups in total. The van der Waals surface area contributed by atoms with Gasteiger partial charge in [0.15, 0.2) is 0 Å². The number of rotatable bonds is 1. The summed E-state index contributed by atoms with van der Waals surface area (Å²) in [5.41, 5.74) is 3.07. The van der Waals surface area contributed by atoms with Crippen molar-refractivity contribution in [2.75, 3.05) is 13.1 Å². The van der Waals surface area contributed by atoms with Gasteiger partial charge in [-0.15, -0.1) is 0 Å². The molecule has 1 aromatic rings. The molecule has 1 unspecified atom stereocenters. The van der Waals surface area contributed by atoms with Gasteiger partial charge in [-0.25, -0.2) is 0 Å². The lowest BCUT2D eigenvalue weighted by molar-refractivity contribution is 0.247. The molecule has 70 valence electrons. The molecule has 0 spiro atoms. The van der Waals surface area contributed by atoms with Crippen molar-refractivity contribution in [3.63, 3.8) is 0 Å². The molecule has 1 aliphatic heterocycles. The van der Waals surface area contributed by atoms with Crippen molar-refractivity contribution in [1.82, 2.24) is 4.90 Å². The lowest BCUT2D eigenvalue weighted by atomic mass is 9.91. The summed E-state index contributed by atoms with van der Waals surface area (Å²) in [6.07, 6.45) is 0. The van der Waals surface area contributed by atoms with Gasteiger partial charge in [0.2, 0.25) is 0 Å². The Morgan fingerprint density at radius 3 is 2.92 bits per heavy atom. The van der Waals surface area contributed by atoms with Crippen LogP contribution < -0.4 is 0 Å². The molecule has 0 radical (unpaired) electrons. The van der Waals surface area contributed by atoms with Crippen molar-refractivity contribution in [3.8, 4) is 0 Å². The van der Waals surface area contributed by atoms with Gasteiger partial charge in [-0.2, -0.15) is 0 Å². The lowest BCUT2D eigenvalue weighted by Crippen LogP contribution is -2.32. The molecular weight excluding hydrogens is 158 g/mol. The van der Waals surface area contributed by atoms with E-state index in [4.69, 9.17) is 0 Å². The van der Waals surface area contributed by atoms with Gasteiger partial charge in [0.25, 0.3) is 0 Å². The van der Waals surface area contributed by atoms with E-state index < -0.39 is 0 Å². The third-order valence-electron chi connectivity index (χ3n) is 2.96. The Morgan fingerprint density at radius 1 is 1.38 bits per heavy atom. The van der Waals surface area contributed by atoms with Crippen LogP contribution in [-0.4, -0.2) is 18.0 Å². The van der Waals surface area contributed by atoms with Crippen LogP contribution in [0.15, 0.2) is 24.3 Å². The number of fused-ring (bicyclic) bond motifs is 1. The van der Waals surface area contributed by atoms with E-state index in [1.165, 1.54) is 18.7 Å². The Kier molecular flexibility index (Phi) is 2.36. The second kappa shape index (κ2) is 3.51. The van der Waals surface area contributed by atoms with Gasteiger partial charge < -0.3 is 0 Å². The zero-order chi connectivity index (χ0) is 9.26. The fourth-order valence-corrected chi connectivity index (χ4v) is 2.19. The highest BCUT2D eigenvalue weighted by molar-refractivity contribution is 5.32. The third kappa shape index (κ3) is 1.61. The molecule has 1 nitrogen and oxygen atoms in total. The quantitative estimate of drug-likeness (QED) is 0.634. The average molecular weight is 175 g/mol. The Balaban J connectivity index is 2.31. The molecule has 0 saturated carbocycles. The van der Waals surface area contributed by atoms with Crippen LogP contribution in [0.3, 0.4) is 0 Å². The molecule has 1 aliphatic rings. The van der Waals surface area contributed by atoms with Crippen molar-refractivity contribution in [2.45, 2.75) is 26.3 Å². The molecule has 0 bridgehead atoms. The first-order valence-electron chi connectivity index (χ1n) is 5.11. The van der Waals surface area contributed by atoms with Gasteiger partial charge in [0, 0.05) is 13.1 Å². The minimum absolute atomic E-state index is 0.699. The second-order valence-corrected chi connectivity index (χ2v) is 3.93. The first-order chi connectivity index (χ1) is 6.31. The van der Waals surface area contributed by atoms with Crippen molar-refractivity contribution in [2.24, 2.45) is 0 Å². The minimum atomic E-state index is 0.699. The maximum atomic E-state index is 2.51. The van der Waals surface area contributed by atoms with E-state index in [-0.39, 0.29) is 0 Å². The number of likely N-dealkylation sites (N-methyl/N-ethyl adjacent to an activating group) is 1. The summed E-state index contributed by atoms with van der Waals surface area (Å²) in [6.45, 7) is 8.07. The average Bonchev–Trinajstić information content (AvgIpc) is 2.18. The molecule has 1 heteroatoms. The molecule has 0 aliphatic carbocycles. The van der Waals surface area contributed by atoms with Crippen LogP contribution >= 0.6 is 0 Å². The summed E-state index contributed by atoms with van der Waals surface area (Å²) in [6, 6.07) is 8.82. The number of hydrogen-bond acceptors (Lipinski definition) is 1. The summed E-state index contributed by atoms with van der Waals surface area (Å²) in [4.78, 5) is 2.51. The monoisotopic (exact) mass is 175 g/mol. The second-order valence-electron chi connectivity index (χ2n) is 3.93. The predicted octanol–water partition coefficient (Wildman–Crippen LogP) is 2.63. The van der Waals surface area contributed by atoms with Crippen LogP contribution in [0.5, 0.6) is 0 Å². The number of nitrogens with zero attached hydrogens (tertiary/aromatic N) is 1. The highest BCUT2D eigenvalue weighted by Crippen LogP contribution is 2.26. The van der Waals surface area contributed by atoms with Gasteiger partial charge in [-0.05, 0) is 23.6 Å². The molecule has 13 heavy (non-hydrogen) atoms. The van der Waals surface area contributed by atoms with E-state index in [9.17, 15) is 0 Å². The SMILES string of the molecule is CCN1Cc2ccccc2C(C)C1. The van der Waals surface area contributed by atoms with Crippen LogP contribution in [0, 0.1) is 0 Å². The zero-order valence-corrected chi connectivity index (χ0v) is 8.46. The van der Waals surface area contributed by atoms with Crippen LogP contribution in [-0.2, 0) is 6.54 Å². The smallest absolute Gasteiger partial charge is 0.0236 e. The molecule has 1 heterocycles. The molecule has 0 fully saturated rings. The highest BCUT2D eigenvalue weighted by atomic mass is 15.1. The van der Waals surface area contributed by atoms with Crippen LogP contribution in [0.25, 0.3) is 0 Å². The number of benzene rings is 1. The molecule has 0 amide bonds. The summed E-state index contributed by atoms with van der Waals surface area (Å²) < 4.78 is 0.